The zero-order valence-electron chi connectivity index (χ0n) is 14.4. The summed E-state index contributed by atoms with van der Waals surface area (Å²) >= 11 is 1.96. The van der Waals surface area contributed by atoms with Gasteiger partial charge in [-0.15, -0.1) is 0 Å². The first-order valence-electron chi connectivity index (χ1n) is 7.78. The van der Waals surface area contributed by atoms with Crippen LogP contribution in [-0.2, 0) is 16.0 Å². The van der Waals surface area contributed by atoms with Crippen LogP contribution in [0.4, 0.5) is 18.0 Å². The molecule has 0 spiro atoms. The van der Waals surface area contributed by atoms with Crippen LogP contribution < -0.4 is 5.32 Å². The van der Waals surface area contributed by atoms with Crippen LogP contribution >= 0.6 is 22.6 Å². The van der Waals surface area contributed by atoms with E-state index in [0.29, 0.717) is 14.8 Å². The predicted octanol–water partition coefficient (Wildman–Crippen LogP) is 4.25. The smallest absolute Gasteiger partial charge is 0.443 e. The average molecular weight is 482 g/mol. The van der Waals surface area contributed by atoms with Crippen LogP contribution in [0.15, 0.2) is 24.3 Å². The Morgan fingerprint density at radius 1 is 1.19 bits per heavy atom. The summed E-state index contributed by atoms with van der Waals surface area (Å²) in [5.41, 5.74) is 0.588. The highest BCUT2D eigenvalue weighted by Crippen LogP contribution is 2.29. The van der Waals surface area contributed by atoms with Gasteiger partial charge in [0.25, 0.3) is 0 Å². The number of hydrogen-bond acceptors (Lipinski definition) is 3. The third kappa shape index (κ3) is 4.68. The summed E-state index contributed by atoms with van der Waals surface area (Å²) < 4.78 is 44.2. The number of nitrogens with zero attached hydrogens (tertiary/aromatic N) is 1. The van der Waals surface area contributed by atoms with Crippen molar-refractivity contribution < 1.29 is 27.5 Å². The monoisotopic (exact) mass is 482 g/mol. The molecule has 26 heavy (non-hydrogen) atoms. The number of para-hydroxylation sites is 1. The van der Waals surface area contributed by atoms with Crippen molar-refractivity contribution in [3.63, 3.8) is 0 Å². The van der Waals surface area contributed by atoms with E-state index in [1.54, 1.807) is 45.0 Å². The fourth-order valence-corrected chi connectivity index (χ4v) is 3.42. The number of benzene rings is 1. The van der Waals surface area contributed by atoms with Gasteiger partial charge in [-0.3, -0.25) is 4.79 Å². The van der Waals surface area contributed by atoms with Crippen molar-refractivity contribution in [1.29, 1.82) is 0 Å². The third-order valence-corrected chi connectivity index (χ3v) is 4.54. The summed E-state index contributed by atoms with van der Waals surface area (Å²) in [4.78, 5) is 23.5. The molecule has 0 bridgehead atoms. The van der Waals surface area contributed by atoms with Crippen molar-refractivity contribution >= 4 is 45.5 Å². The fraction of sp³-hybridized carbons (Fsp3) is 0.412. The lowest BCUT2D eigenvalue weighted by molar-refractivity contribution is -0.173. The summed E-state index contributed by atoms with van der Waals surface area (Å²) in [6.07, 6.45) is -5.34. The number of aromatic nitrogens is 1. The quantitative estimate of drug-likeness (QED) is 0.666. The van der Waals surface area contributed by atoms with Crippen molar-refractivity contribution in [2.75, 3.05) is 6.54 Å². The van der Waals surface area contributed by atoms with Crippen LogP contribution in [0, 0.1) is 3.70 Å². The van der Waals surface area contributed by atoms with Crippen LogP contribution in [0.5, 0.6) is 0 Å². The van der Waals surface area contributed by atoms with E-state index in [-0.39, 0.29) is 13.0 Å². The molecule has 0 aliphatic carbocycles. The topological polar surface area (TPSA) is 60.3 Å². The number of nitrogens with one attached hydrogen (secondary N) is 1. The number of amides is 1. The van der Waals surface area contributed by atoms with Crippen molar-refractivity contribution in [1.82, 2.24) is 9.88 Å². The number of carbonyl (C=O) groups is 2. The molecule has 1 aromatic heterocycles. The van der Waals surface area contributed by atoms with Gasteiger partial charge in [0.05, 0.1) is 9.22 Å². The Morgan fingerprint density at radius 3 is 2.38 bits per heavy atom. The maximum Gasteiger partial charge on any atom is 0.471 e. The normalized spacial score (nSPS) is 12.3. The fourth-order valence-electron chi connectivity index (χ4n) is 2.40. The standard InChI is InChI=1S/C17H18F3IN2O3/c1-16(2,3)26-15(25)23-12-7-5-4-6-10(12)11(13(23)21)8-9-22-14(24)17(18,19)20/h4-7H,8-9H2,1-3H3,(H,22,24). The number of rotatable bonds is 3. The molecule has 0 aliphatic heterocycles. The molecule has 2 rings (SSSR count). The van der Waals surface area contributed by atoms with Crippen molar-refractivity contribution in [3.8, 4) is 0 Å². The molecule has 0 fully saturated rings. The zero-order valence-corrected chi connectivity index (χ0v) is 16.6. The molecule has 0 atom stereocenters. The highest BCUT2D eigenvalue weighted by atomic mass is 127. The van der Waals surface area contributed by atoms with Crippen LogP contribution in [0.3, 0.4) is 0 Å². The molecule has 5 nitrogen and oxygen atoms in total. The van der Waals surface area contributed by atoms with Crippen molar-refractivity contribution in [2.45, 2.75) is 39.0 Å². The minimum absolute atomic E-state index is 0.149. The largest absolute Gasteiger partial charge is 0.471 e. The lowest BCUT2D eigenvalue weighted by Gasteiger charge is -2.20. The molecule has 1 N–H and O–H groups in total. The Hall–Kier alpha value is -1.78. The van der Waals surface area contributed by atoms with Gasteiger partial charge in [-0.2, -0.15) is 13.2 Å². The molecule has 0 aliphatic rings. The summed E-state index contributed by atoms with van der Waals surface area (Å²) in [5.74, 6) is -1.98. The minimum atomic E-state index is -4.92. The summed E-state index contributed by atoms with van der Waals surface area (Å²) in [5, 5.41) is 2.57. The number of alkyl halides is 3. The third-order valence-electron chi connectivity index (χ3n) is 3.41. The first-order valence-corrected chi connectivity index (χ1v) is 8.86. The number of hydrogen-bond donors (Lipinski definition) is 1. The second-order valence-electron chi connectivity index (χ2n) is 6.61. The number of fused-ring (bicyclic) bond motifs is 1. The molecule has 1 heterocycles. The van der Waals surface area contributed by atoms with Gasteiger partial charge in [0, 0.05) is 11.9 Å². The SMILES string of the molecule is CC(C)(C)OC(=O)n1c(I)c(CCNC(=O)C(F)(F)F)c2ccccc21. The van der Waals surface area contributed by atoms with Gasteiger partial charge in [-0.1, -0.05) is 18.2 Å². The minimum Gasteiger partial charge on any atom is -0.443 e. The molecule has 142 valence electrons. The Labute approximate surface area is 162 Å². The molecule has 2 aromatic rings. The molecule has 0 saturated carbocycles. The van der Waals surface area contributed by atoms with Gasteiger partial charge < -0.3 is 10.1 Å². The van der Waals surface area contributed by atoms with Gasteiger partial charge in [0.2, 0.25) is 0 Å². The Kier molecular flexibility index (Phi) is 5.89. The lowest BCUT2D eigenvalue weighted by atomic mass is 10.1. The van der Waals surface area contributed by atoms with Crippen molar-refractivity contribution in [2.24, 2.45) is 0 Å². The van der Waals surface area contributed by atoms with E-state index in [0.717, 1.165) is 5.39 Å². The second-order valence-corrected chi connectivity index (χ2v) is 7.63. The van der Waals surface area contributed by atoms with E-state index in [2.05, 4.69) is 0 Å². The molecule has 9 heteroatoms. The molecular weight excluding hydrogens is 464 g/mol. The molecule has 0 radical (unpaired) electrons. The maximum atomic E-state index is 12.5. The molecular formula is C17H18F3IN2O3. The van der Waals surface area contributed by atoms with Gasteiger partial charge in [-0.05, 0) is 61.4 Å². The Bertz CT molecular complexity index is 838. The highest BCUT2D eigenvalue weighted by molar-refractivity contribution is 14.1. The van der Waals surface area contributed by atoms with E-state index < -0.39 is 23.8 Å². The molecule has 1 amide bonds. The van der Waals surface area contributed by atoms with E-state index in [1.165, 1.54) is 4.57 Å². The molecule has 0 saturated heterocycles. The van der Waals surface area contributed by atoms with Gasteiger partial charge in [0.15, 0.2) is 0 Å². The summed E-state index contributed by atoms with van der Waals surface area (Å²) in [6.45, 7) is 5.04. The van der Waals surface area contributed by atoms with Crippen LogP contribution in [0.2, 0.25) is 0 Å². The number of halogens is 4. The number of carbonyl (C=O) groups excluding carboxylic acids is 2. The predicted molar refractivity (Wildman–Crippen MR) is 99.1 cm³/mol. The van der Waals surface area contributed by atoms with Crippen LogP contribution in [0.1, 0.15) is 26.3 Å². The van der Waals surface area contributed by atoms with Gasteiger partial charge in [0.1, 0.15) is 5.60 Å². The van der Waals surface area contributed by atoms with Gasteiger partial charge in [-0.25, -0.2) is 9.36 Å². The zero-order chi connectivity index (χ0) is 19.7. The van der Waals surface area contributed by atoms with E-state index in [1.807, 2.05) is 27.9 Å². The average Bonchev–Trinajstić information content (AvgIpc) is 2.77. The molecule has 0 unspecified atom stereocenters. The number of ether oxygens (including phenoxy) is 1. The summed E-state index contributed by atoms with van der Waals surface area (Å²) in [6, 6.07) is 7.04. The van der Waals surface area contributed by atoms with Crippen LogP contribution in [-0.4, -0.2) is 34.9 Å². The van der Waals surface area contributed by atoms with E-state index in [9.17, 15) is 22.8 Å². The van der Waals surface area contributed by atoms with E-state index >= 15 is 0 Å². The Balaban J connectivity index is 2.32. The van der Waals surface area contributed by atoms with Crippen LogP contribution in [0.25, 0.3) is 10.9 Å². The van der Waals surface area contributed by atoms with Gasteiger partial charge >= 0.3 is 18.2 Å². The highest BCUT2D eigenvalue weighted by Gasteiger charge is 2.38. The molecule has 1 aromatic carbocycles. The lowest BCUT2D eigenvalue weighted by Crippen LogP contribution is -2.37. The second kappa shape index (κ2) is 7.45. The maximum absolute atomic E-state index is 12.5. The first-order chi connectivity index (χ1) is 11.9. The summed E-state index contributed by atoms with van der Waals surface area (Å²) in [7, 11) is 0. The Morgan fingerprint density at radius 2 is 1.81 bits per heavy atom. The van der Waals surface area contributed by atoms with E-state index in [4.69, 9.17) is 4.74 Å². The van der Waals surface area contributed by atoms with Crippen molar-refractivity contribution in [3.05, 3.63) is 33.5 Å². The first kappa shape index (κ1) is 20.5.